The summed E-state index contributed by atoms with van der Waals surface area (Å²) < 4.78 is 21.6. The Kier molecular flexibility index (Phi) is 6.31. The van der Waals surface area contributed by atoms with E-state index in [0.29, 0.717) is 25.4 Å². The molecule has 2 fully saturated rings. The van der Waals surface area contributed by atoms with Gasteiger partial charge in [0, 0.05) is 0 Å². The Labute approximate surface area is 149 Å². The van der Waals surface area contributed by atoms with Crippen LogP contribution in [0.15, 0.2) is 48.5 Å². The summed E-state index contributed by atoms with van der Waals surface area (Å²) in [4.78, 5) is 0. The number of hydrogen-bond donors (Lipinski definition) is 0. The van der Waals surface area contributed by atoms with Crippen LogP contribution in [0.5, 0.6) is 11.5 Å². The molecule has 2 aromatic carbocycles. The molecule has 2 aliphatic rings. The minimum absolute atomic E-state index is 0.293. The lowest BCUT2D eigenvalue weighted by Gasteiger charge is -2.07. The first-order valence-corrected chi connectivity index (χ1v) is 9.02. The van der Waals surface area contributed by atoms with Gasteiger partial charge in [0.1, 0.15) is 36.9 Å². The number of epoxide rings is 2. The molecule has 4 heteroatoms. The Morgan fingerprint density at radius 1 is 0.720 bits per heavy atom. The van der Waals surface area contributed by atoms with E-state index in [1.165, 1.54) is 11.1 Å². The van der Waals surface area contributed by atoms with E-state index in [1.807, 2.05) is 38.1 Å². The van der Waals surface area contributed by atoms with Crippen molar-refractivity contribution in [3.63, 3.8) is 0 Å². The molecule has 0 spiro atoms. The topological polar surface area (TPSA) is 43.5 Å². The number of rotatable bonds is 8. The highest BCUT2D eigenvalue weighted by molar-refractivity contribution is 5.34. The minimum Gasteiger partial charge on any atom is -0.491 e. The summed E-state index contributed by atoms with van der Waals surface area (Å²) in [7, 11) is 0. The lowest BCUT2D eigenvalue weighted by Crippen LogP contribution is -2.04. The maximum Gasteiger partial charge on any atom is 0.119 e. The van der Waals surface area contributed by atoms with Crippen molar-refractivity contribution < 1.29 is 18.9 Å². The normalized spacial score (nSPS) is 20.2. The van der Waals surface area contributed by atoms with Gasteiger partial charge in [-0.15, -0.1) is 0 Å². The summed E-state index contributed by atoms with van der Waals surface area (Å²) >= 11 is 0. The van der Waals surface area contributed by atoms with Gasteiger partial charge in [0.05, 0.1) is 13.2 Å². The van der Waals surface area contributed by atoms with Gasteiger partial charge in [-0.1, -0.05) is 38.1 Å². The van der Waals surface area contributed by atoms with E-state index >= 15 is 0 Å². The molecule has 0 aromatic heterocycles. The van der Waals surface area contributed by atoms with Crippen LogP contribution >= 0.6 is 0 Å². The number of ether oxygens (including phenoxy) is 4. The molecule has 2 saturated heterocycles. The van der Waals surface area contributed by atoms with Gasteiger partial charge in [-0.2, -0.15) is 0 Å². The van der Waals surface area contributed by atoms with Crippen LogP contribution in [0.25, 0.3) is 0 Å². The van der Waals surface area contributed by atoms with Gasteiger partial charge < -0.3 is 18.9 Å². The van der Waals surface area contributed by atoms with Gasteiger partial charge in [0.15, 0.2) is 0 Å². The van der Waals surface area contributed by atoms with E-state index in [-0.39, 0.29) is 0 Å². The van der Waals surface area contributed by atoms with Crippen molar-refractivity contribution in [1.82, 2.24) is 0 Å². The molecule has 0 aliphatic carbocycles. The van der Waals surface area contributed by atoms with Crippen molar-refractivity contribution in [3.8, 4) is 11.5 Å². The minimum atomic E-state index is 0.293. The Hall–Kier alpha value is -2.04. The SMILES string of the molecule is CC.c1cc(OCC2CO2)ccc1Cc1ccc(OCC2CO2)cc1. The molecule has 134 valence electrons. The number of hydrogen-bond acceptors (Lipinski definition) is 4. The van der Waals surface area contributed by atoms with Crippen LogP contribution in [0.2, 0.25) is 0 Å². The lowest BCUT2D eigenvalue weighted by atomic mass is 10.0. The highest BCUT2D eigenvalue weighted by atomic mass is 16.6. The van der Waals surface area contributed by atoms with E-state index in [0.717, 1.165) is 31.1 Å². The first-order valence-electron chi connectivity index (χ1n) is 9.02. The lowest BCUT2D eigenvalue weighted by molar-refractivity contribution is 0.263. The summed E-state index contributed by atoms with van der Waals surface area (Å²) in [5, 5.41) is 0. The molecule has 0 N–H and O–H groups in total. The smallest absolute Gasteiger partial charge is 0.119 e. The van der Waals surface area contributed by atoms with Crippen molar-refractivity contribution >= 4 is 0 Å². The molecule has 2 heterocycles. The Morgan fingerprint density at radius 3 is 1.40 bits per heavy atom. The molecule has 2 unspecified atom stereocenters. The summed E-state index contributed by atoms with van der Waals surface area (Å²) in [6.45, 7) is 6.94. The zero-order chi connectivity index (χ0) is 17.5. The third-order valence-corrected chi connectivity index (χ3v) is 3.93. The molecule has 0 bridgehead atoms. The van der Waals surface area contributed by atoms with Crippen molar-refractivity contribution in [2.75, 3.05) is 26.4 Å². The molecule has 2 atom stereocenters. The highest BCUT2D eigenvalue weighted by Crippen LogP contribution is 2.20. The standard InChI is InChI=1S/C19H20O4.C2H6/c1-5-16(20-10-18-12-22-18)6-2-14(1)9-15-3-7-17(8-4-15)21-11-19-13-23-19;1-2/h1-8,18-19H,9-13H2;1-2H3. The molecule has 2 aliphatic heterocycles. The zero-order valence-corrected chi connectivity index (χ0v) is 14.9. The van der Waals surface area contributed by atoms with Crippen molar-refractivity contribution in [1.29, 1.82) is 0 Å². The Balaban J connectivity index is 0.000000880. The summed E-state index contributed by atoms with van der Waals surface area (Å²) in [5.41, 5.74) is 2.53. The third-order valence-electron chi connectivity index (χ3n) is 3.93. The zero-order valence-electron chi connectivity index (χ0n) is 14.9. The number of benzene rings is 2. The van der Waals surface area contributed by atoms with Gasteiger partial charge in [-0.25, -0.2) is 0 Å². The molecule has 0 amide bonds. The largest absolute Gasteiger partial charge is 0.491 e. The monoisotopic (exact) mass is 342 g/mol. The fourth-order valence-corrected chi connectivity index (χ4v) is 2.35. The van der Waals surface area contributed by atoms with Gasteiger partial charge >= 0.3 is 0 Å². The molecular formula is C21H26O4. The second kappa shape index (κ2) is 8.88. The summed E-state index contributed by atoms with van der Waals surface area (Å²) in [5.74, 6) is 1.80. The third kappa shape index (κ3) is 6.07. The van der Waals surface area contributed by atoms with Crippen molar-refractivity contribution in [2.45, 2.75) is 32.5 Å². The van der Waals surface area contributed by atoms with Crippen molar-refractivity contribution in [2.24, 2.45) is 0 Å². The van der Waals surface area contributed by atoms with Gasteiger partial charge in [-0.05, 0) is 41.8 Å². The first kappa shape index (κ1) is 17.8. The molecule has 4 rings (SSSR count). The fraction of sp³-hybridized carbons (Fsp3) is 0.429. The fourth-order valence-electron chi connectivity index (χ4n) is 2.35. The van der Waals surface area contributed by atoms with Gasteiger partial charge in [0.2, 0.25) is 0 Å². The predicted molar refractivity (Wildman–Crippen MR) is 97.5 cm³/mol. The van der Waals surface area contributed by atoms with Crippen LogP contribution in [-0.4, -0.2) is 38.6 Å². The Bertz CT molecular complexity index is 570. The summed E-state index contributed by atoms with van der Waals surface area (Å²) in [6.07, 6.45) is 1.49. The van der Waals surface area contributed by atoms with Crippen LogP contribution < -0.4 is 9.47 Å². The van der Waals surface area contributed by atoms with Crippen LogP contribution in [0.1, 0.15) is 25.0 Å². The van der Waals surface area contributed by atoms with Gasteiger partial charge in [-0.3, -0.25) is 0 Å². The van der Waals surface area contributed by atoms with Crippen molar-refractivity contribution in [3.05, 3.63) is 59.7 Å². The maximum atomic E-state index is 5.65. The molecule has 0 radical (unpaired) electrons. The quantitative estimate of drug-likeness (QED) is 0.683. The molecule has 0 saturated carbocycles. The molecular weight excluding hydrogens is 316 g/mol. The first-order chi connectivity index (χ1) is 12.3. The Morgan fingerprint density at radius 2 is 1.08 bits per heavy atom. The highest BCUT2D eigenvalue weighted by Gasteiger charge is 2.23. The van der Waals surface area contributed by atoms with E-state index in [1.54, 1.807) is 0 Å². The van der Waals surface area contributed by atoms with Crippen LogP contribution in [0.4, 0.5) is 0 Å². The summed E-state index contributed by atoms with van der Waals surface area (Å²) in [6, 6.07) is 16.5. The van der Waals surface area contributed by atoms with E-state index in [9.17, 15) is 0 Å². The maximum absolute atomic E-state index is 5.65. The average molecular weight is 342 g/mol. The van der Waals surface area contributed by atoms with E-state index < -0.39 is 0 Å². The average Bonchev–Trinajstić information content (AvgIpc) is 3.57. The molecule has 25 heavy (non-hydrogen) atoms. The van der Waals surface area contributed by atoms with E-state index in [4.69, 9.17) is 18.9 Å². The second-order valence-electron chi connectivity index (χ2n) is 6.00. The van der Waals surface area contributed by atoms with Crippen LogP contribution in [-0.2, 0) is 15.9 Å². The second-order valence-corrected chi connectivity index (χ2v) is 6.00. The molecule has 2 aromatic rings. The molecule has 4 nitrogen and oxygen atoms in total. The predicted octanol–water partition coefficient (Wildman–Crippen LogP) is 3.86. The van der Waals surface area contributed by atoms with Crippen LogP contribution in [0.3, 0.4) is 0 Å². The van der Waals surface area contributed by atoms with E-state index in [2.05, 4.69) is 24.3 Å². The van der Waals surface area contributed by atoms with Crippen LogP contribution in [0, 0.1) is 0 Å². The van der Waals surface area contributed by atoms with Gasteiger partial charge in [0.25, 0.3) is 0 Å².